The minimum Gasteiger partial charge on any atom is -0.379 e. The number of nitrogens with one attached hydrogen (secondary N) is 1. The van der Waals surface area contributed by atoms with E-state index in [-0.39, 0.29) is 11.7 Å². The quantitative estimate of drug-likeness (QED) is 0.769. The molecule has 2 heterocycles. The van der Waals surface area contributed by atoms with Crippen LogP contribution in [0.2, 0.25) is 0 Å². The zero-order chi connectivity index (χ0) is 21.9. The zero-order valence-electron chi connectivity index (χ0n) is 17.2. The first-order valence-corrected chi connectivity index (χ1v) is 10.5. The molecule has 2 fully saturated rings. The van der Waals surface area contributed by atoms with Gasteiger partial charge >= 0.3 is 12.2 Å². The van der Waals surface area contributed by atoms with Crippen LogP contribution in [0.15, 0.2) is 54.6 Å². The normalized spacial score (nSPS) is 22.5. The third-order valence-electron chi connectivity index (χ3n) is 6.08. The van der Waals surface area contributed by atoms with Gasteiger partial charge in [0.1, 0.15) is 0 Å². The van der Waals surface area contributed by atoms with Crippen molar-refractivity contribution in [1.29, 1.82) is 0 Å². The summed E-state index contributed by atoms with van der Waals surface area (Å²) in [5.74, 6) is 0. The van der Waals surface area contributed by atoms with Crippen molar-refractivity contribution in [1.82, 2.24) is 9.80 Å². The van der Waals surface area contributed by atoms with Gasteiger partial charge in [0.15, 0.2) is 0 Å². The minimum atomic E-state index is -4.46. The molecule has 166 valence electrons. The van der Waals surface area contributed by atoms with Gasteiger partial charge in [0, 0.05) is 31.9 Å². The third-order valence-corrected chi connectivity index (χ3v) is 6.08. The summed E-state index contributed by atoms with van der Waals surface area (Å²) >= 11 is 0. The molecule has 0 unspecified atom stereocenters. The van der Waals surface area contributed by atoms with Crippen LogP contribution >= 0.6 is 0 Å². The van der Waals surface area contributed by atoms with Gasteiger partial charge in [-0.05, 0) is 36.6 Å². The molecule has 0 saturated carbocycles. The van der Waals surface area contributed by atoms with E-state index in [4.69, 9.17) is 4.74 Å². The minimum absolute atomic E-state index is 0.139. The molecule has 2 aromatic carbocycles. The molecule has 0 aromatic heterocycles. The summed E-state index contributed by atoms with van der Waals surface area (Å²) in [6, 6.07) is 14.3. The van der Waals surface area contributed by atoms with Crippen LogP contribution in [0.1, 0.15) is 24.0 Å². The maximum absolute atomic E-state index is 13.3. The average Bonchev–Trinajstić information content (AvgIpc) is 3.19. The van der Waals surface area contributed by atoms with E-state index >= 15 is 0 Å². The van der Waals surface area contributed by atoms with E-state index in [0.29, 0.717) is 26.3 Å². The van der Waals surface area contributed by atoms with E-state index in [2.05, 4.69) is 10.2 Å². The largest absolute Gasteiger partial charge is 0.416 e. The van der Waals surface area contributed by atoms with Crippen LogP contribution in [-0.2, 0) is 16.5 Å². The van der Waals surface area contributed by atoms with Crippen molar-refractivity contribution >= 4 is 11.7 Å². The Kier molecular flexibility index (Phi) is 6.20. The Morgan fingerprint density at radius 1 is 1.03 bits per heavy atom. The number of alkyl halides is 3. The highest BCUT2D eigenvalue weighted by Gasteiger charge is 2.46. The smallest absolute Gasteiger partial charge is 0.379 e. The number of ether oxygens (including phenoxy) is 1. The molecule has 2 saturated heterocycles. The Morgan fingerprint density at radius 3 is 2.48 bits per heavy atom. The first kappa shape index (κ1) is 21.6. The standard InChI is InChI=1S/C23H26F3N3O2/c24-23(25,26)19-8-4-9-20(16-19)27-21(30)29-11-5-10-22(29,18-6-2-1-3-7-18)17-28-12-14-31-15-13-28/h1-4,6-9,16H,5,10-15,17H2,(H,27,30)/t22-/m1/s1. The Balaban J connectivity index is 1.61. The van der Waals surface area contributed by atoms with Gasteiger partial charge in [-0.25, -0.2) is 4.79 Å². The van der Waals surface area contributed by atoms with Crippen molar-refractivity contribution in [3.8, 4) is 0 Å². The second-order valence-corrected chi connectivity index (χ2v) is 8.05. The number of urea groups is 1. The molecule has 1 N–H and O–H groups in total. The number of hydrogen-bond acceptors (Lipinski definition) is 3. The van der Waals surface area contributed by atoms with Crippen LogP contribution in [0.5, 0.6) is 0 Å². The molecular formula is C23H26F3N3O2. The van der Waals surface area contributed by atoms with Gasteiger partial charge in [0.2, 0.25) is 0 Å². The summed E-state index contributed by atoms with van der Waals surface area (Å²) in [4.78, 5) is 17.4. The molecule has 0 aliphatic carbocycles. The van der Waals surface area contributed by atoms with E-state index in [1.165, 1.54) is 12.1 Å². The van der Waals surface area contributed by atoms with Crippen molar-refractivity contribution in [3.63, 3.8) is 0 Å². The van der Waals surface area contributed by atoms with Crippen LogP contribution in [0.25, 0.3) is 0 Å². The van der Waals surface area contributed by atoms with Crippen LogP contribution in [0.3, 0.4) is 0 Å². The fraction of sp³-hybridized carbons (Fsp3) is 0.435. The molecule has 4 rings (SSSR count). The van der Waals surface area contributed by atoms with E-state index in [1.807, 2.05) is 30.3 Å². The molecule has 2 aromatic rings. The van der Waals surface area contributed by atoms with Gasteiger partial charge in [0.05, 0.1) is 24.3 Å². The van der Waals surface area contributed by atoms with E-state index in [1.54, 1.807) is 4.90 Å². The van der Waals surface area contributed by atoms with Crippen molar-refractivity contribution in [2.45, 2.75) is 24.6 Å². The molecule has 2 aliphatic heterocycles. The number of nitrogens with zero attached hydrogens (tertiary/aromatic N) is 2. The van der Waals surface area contributed by atoms with E-state index in [9.17, 15) is 18.0 Å². The van der Waals surface area contributed by atoms with E-state index in [0.717, 1.165) is 43.6 Å². The fourth-order valence-corrected chi connectivity index (χ4v) is 4.57. The predicted octanol–water partition coefficient (Wildman–Crippen LogP) is 4.56. The van der Waals surface area contributed by atoms with Crippen molar-refractivity contribution in [2.75, 3.05) is 44.7 Å². The molecule has 0 radical (unpaired) electrons. The number of hydrogen-bond donors (Lipinski definition) is 1. The summed E-state index contributed by atoms with van der Waals surface area (Å²) in [6.07, 6.45) is -2.84. The lowest BCUT2D eigenvalue weighted by atomic mass is 9.86. The molecular weight excluding hydrogens is 407 g/mol. The van der Waals surface area contributed by atoms with Crippen LogP contribution < -0.4 is 5.32 Å². The Bertz CT molecular complexity index is 900. The number of carbonyl (C=O) groups is 1. The summed E-state index contributed by atoms with van der Waals surface area (Å²) in [5.41, 5.74) is -0.141. The third kappa shape index (κ3) is 4.70. The summed E-state index contributed by atoms with van der Waals surface area (Å²) in [5, 5.41) is 2.70. The highest BCUT2D eigenvalue weighted by atomic mass is 19.4. The lowest BCUT2D eigenvalue weighted by Crippen LogP contribution is -2.55. The van der Waals surface area contributed by atoms with Gasteiger partial charge in [-0.2, -0.15) is 13.2 Å². The molecule has 8 heteroatoms. The van der Waals surface area contributed by atoms with E-state index < -0.39 is 17.3 Å². The molecule has 31 heavy (non-hydrogen) atoms. The SMILES string of the molecule is O=C(Nc1cccc(C(F)(F)F)c1)N1CCC[C@@]1(CN1CCOCC1)c1ccccc1. The number of amides is 2. The van der Waals surface area contributed by atoms with Gasteiger partial charge in [0.25, 0.3) is 0 Å². The van der Waals surface area contributed by atoms with Gasteiger partial charge in [-0.15, -0.1) is 0 Å². The van der Waals surface area contributed by atoms with Crippen molar-refractivity contribution < 1.29 is 22.7 Å². The molecule has 5 nitrogen and oxygen atoms in total. The van der Waals surface area contributed by atoms with Gasteiger partial charge in [-0.3, -0.25) is 4.90 Å². The fourth-order valence-electron chi connectivity index (χ4n) is 4.57. The van der Waals surface area contributed by atoms with Crippen LogP contribution in [-0.4, -0.2) is 55.2 Å². The number of benzene rings is 2. The molecule has 2 amide bonds. The Labute approximate surface area is 179 Å². The molecule has 0 spiro atoms. The van der Waals surface area contributed by atoms with Gasteiger partial charge in [-0.1, -0.05) is 36.4 Å². The first-order valence-electron chi connectivity index (χ1n) is 10.5. The zero-order valence-corrected chi connectivity index (χ0v) is 17.2. The molecule has 2 aliphatic rings. The maximum atomic E-state index is 13.3. The highest BCUT2D eigenvalue weighted by Crippen LogP contribution is 2.40. The average molecular weight is 433 g/mol. The number of morpholine rings is 1. The lowest BCUT2D eigenvalue weighted by Gasteiger charge is -2.43. The second-order valence-electron chi connectivity index (χ2n) is 8.05. The van der Waals surface area contributed by atoms with Crippen molar-refractivity contribution in [3.05, 3.63) is 65.7 Å². The number of carbonyl (C=O) groups excluding carboxylic acids is 1. The Morgan fingerprint density at radius 2 is 1.77 bits per heavy atom. The Hall–Kier alpha value is -2.58. The second kappa shape index (κ2) is 8.88. The van der Waals surface area contributed by atoms with Crippen molar-refractivity contribution in [2.24, 2.45) is 0 Å². The van der Waals surface area contributed by atoms with Gasteiger partial charge < -0.3 is 15.0 Å². The molecule has 1 atom stereocenters. The monoisotopic (exact) mass is 433 g/mol. The van der Waals surface area contributed by atoms with Crippen LogP contribution in [0.4, 0.5) is 23.7 Å². The number of likely N-dealkylation sites (tertiary alicyclic amines) is 1. The number of halogens is 3. The number of rotatable bonds is 4. The number of anilines is 1. The summed E-state index contributed by atoms with van der Waals surface area (Å²) < 4.78 is 44.7. The highest BCUT2D eigenvalue weighted by molar-refractivity contribution is 5.90. The topological polar surface area (TPSA) is 44.8 Å². The lowest BCUT2D eigenvalue weighted by molar-refractivity contribution is -0.137. The summed E-state index contributed by atoms with van der Waals surface area (Å²) in [6.45, 7) is 4.10. The van der Waals surface area contributed by atoms with Crippen LogP contribution in [0, 0.1) is 0 Å². The maximum Gasteiger partial charge on any atom is 0.416 e. The summed E-state index contributed by atoms with van der Waals surface area (Å²) in [7, 11) is 0. The first-order chi connectivity index (χ1) is 14.9. The molecule has 0 bridgehead atoms. The predicted molar refractivity (Wildman–Crippen MR) is 112 cm³/mol.